The van der Waals surface area contributed by atoms with Gasteiger partial charge in [-0.3, -0.25) is 4.98 Å². The Morgan fingerprint density at radius 3 is 3.08 bits per heavy atom. The summed E-state index contributed by atoms with van der Waals surface area (Å²) in [5.74, 6) is 0. The zero-order valence-electron chi connectivity index (χ0n) is 6.91. The summed E-state index contributed by atoms with van der Waals surface area (Å²) >= 11 is 0. The molecule has 1 atom stereocenters. The Balaban J connectivity index is 2.62. The number of fused-ring (bicyclic) bond motifs is 1. The van der Waals surface area contributed by atoms with E-state index >= 15 is 0 Å². The number of nitrogens with one attached hydrogen (secondary N) is 1. The maximum Gasteiger partial charge on any atom is 0.0882 e. The van der Waals surface area contributed by atoms with E-state index in [4.69, 9.17) is 5.73 Å². The van der Waals surface area contributed by atoms with Crippen molar-refractivity contribution >= 4 is 11.0 Å². The first-order valence-electron chi connectivity index (χ1n) is 3.96. The molecule has 0 aromatic carbocycles. The Morgan fingerprint density at radius 2 is 2.42 bits per heavy atom. The van der Waals surface area contributed by atoms with Crippen LogP contribution in [0.1, 0.15) is 18.7 Å². The Hall–Kier alpha value is -1.35. The van der Waals surface area contributed by atoms with E-state index in [1.807, 2.05) is 25.1 Å². The maximum atomic E-state index is 5.72. The van der Waals surface area contributed by atoms with Crippen LogP contribution in [0.25, 0.3) is 11.0 Å². The molecular weight excluding hydrogens is 150 g/mol. The van der Waals surface area contributed by atoms with E-state index in [0.29, 0.717) is 0 Å². The number of nitrogens with zero attached hydrogens (tertiary/aromatic N) is 1. The van der Waals surface area contributed by atoms with E-state index in [2.05, 4.69) is 9.97 Å². The molecular formula is C9H11N3. The minimum absolute atomic E-state index is 0.0409. The fourth-order valence-electron chi connectivity index (χ4n) is 1.22. The largest absolute Gasteiger partial charge is 0.356 e. The summed E-state index contributed by atoms with van der Waals surface area (Å²) in [6.07, 6.45) is 1.78. The third-order valence-corrected chi connectivity index (χ3v) is 1.90. The molecule has 0 saturated heterocycles. The Labute approximate surface area is 70.6 Å². The van der Waals surface area contributed by atoms with Gasteiger partial charge in [0.15, 0.2) is 0 Å². The van der Waals surface area contributed by atoms with E-state index in [9.17, 15) is 0 Å². The number of rotatable bonds is 1. The molecule has 0 spiro atoms. The monoisotopic (exact) mass is 161 g/mol. The van der Waals surface area contributed by atoms with Crippen LogP contribution in [-0.4, -0.2) is 9.97 Å². The lowest BCUT2D eigenvalue weighted by Crippen LogP contribution is -2.04. The highest BCUT2D eigenvalue weighted by Crippen LogP contribution is 2.15. The van der Waals surface area contributed by atoms with Crippen molar-refractivity contribution in [2.75, 3.05) is 0 Å². The van der Waals surface area contributed by atoms with E-state index < -0.39 is 0 Å². The van der Waals surface area contributed by atoms with Crippen molar-refractivity contribution in [1.29, 1.82) is 0 Å². The number of aromatic amines is 1. The van der Waals surface area contributed by atoms with Gasteiger partial charge in [0.25, 0.3) is 0 Å². The van der Waals surface area contributed by atoms with Crippen molar-refractivity contribution in [2.45, 2.75) is 13.0 Å². The summed E-state index contributed by atoms with van der Waals surface area (Å²) < 4.78 is 0. The number of hydrogen-bond acceptors (Lipinski definition) is 2. The summed E-state index contributed by atoms with van der Waals surface area (Å²) in [6, 6.07) is 5.93. The molecule has 2 heterocycles. The first-order chi connectivity index (χ1) is 5.77. The third-order valence-electron chi connectivity index (χ3n) is 1.90. The molecule has 0 aliphatic heterocycles. The minimum atomic E-state index is 0.0409. The second-order valence-corrected chi connectivity index (χ2v) is 2.95. The standard InChI is InChI=1S/C9H11N3/c1-6(10)8-5-9-7(12-8)3-2-4-11-9/h2-6,12H,10H2,1H3. The molecule has 3 nitrogen and oxygen atoms in total. The number of pyridine rings is 1. The number of hydrogen-bond donors (Lipinski definition) is 2. The maximum absolute atomic E-state index is 5.72. The SMILES string of the molecule is CC(N)c1cc2ncccc2[nH]1. The van der Waals surface area contributed by atoms with Crippen molar-refractivity contribution in [3.63, 3.8) is 0 Å². The fourth-order valence-corrected chi connectivity index (χ4v) is 1.22. The van der Waals surface area contributed by atoms with Crippen LogP contribution in [0, 0.1) is 0 Å². The first-order valence-corrected chi connectivity index (χ1v) is 3.96. The lowest BCUT2D eigenvalue weighted by Gasteiger charge is -1.98. The minimum Gasteiger partial charge on any atom is -0.356 e. The van der Waals surface area contributed by atoms with Crippen LogP contribution < -0.4 is 5.73 Å². The quantitative estimate of drug-likeness (QED) is 0.667. The number of H-pyrrole nitrogens is 1. The summed E-state index contributed by atoms with van der Waals surface area (Å²) in [7, 11) is 0. The van der Waals surface area contributed by atoms with Gasteiger partial charge in [0.05, 0.1) is 11.0 Å². The summed E-state index contributed by atoms with van der Waals surface area (Å²) in [5.41, 5.74) is 8.77. The van der Waals surface area contributed by atoms with Crippen LogP contribution in [0.3, 0.4) is 0 Å². The second-order valence-electron chi connectivity index (χ2n) is 2.95. The van der Waals surface area contributed by atoms with Gasteiger partial charge in [-0.15, -0.1) is 0 Å². The summed E-state index contributed by atoms with van der Waals surface area (Å²) in [6.45, 7) is 1.95. The highest BCUT2D eigenvalue weighted by Gasteiger charge is 2.03. The Bertz CT molecular complexity index is 356. The normalized spacial score (nSPS) is 13.5. The molecule has 0 bridgehead atoms. The molecule has 2 aromatic rings. The van der Waals surface area contributed by atoms with E-state index in [1.54, 1.807) is 6.20 Å². The number of aromatic nitrogens is 2. The fraction of sp³-hybridized carbons (Fsp3) is 0.222. The van der Waals surface area contributed by atoms with Crippen molar-refractivity contribution in [2.24, 2.45) is 5.73 Å². The second kappa shape index (κ2) is 2.60. The van der Waals surface area contributed by atoms with Gasteiger partial charge < -0.3 is 10.7 Å². The third kappa shape index (κ3) is 1.08. The van der Waals surface area contributed by atoms with E-state index in [0.717, 1.165) is 16.7 Å². The molecule has 0 amide bonds. The Morgan fingerprint density at radius 1 is 1.58 bits per heavy atom. The lowest BCUT2D eigenvalue weighted by molar-refractivity contribution is 0.792. The van der Waals surface area contributed by atoms with Crippen molar-refractivity contribution in [3.8, 4) is 0 Å². The van der Waals surface area contributed by atoms with Crippen molar-refractivity contribution in [1.82, 2.24) is 9.97 Å². The average Bonchev–Trinajstić information content (AvgIpc) is 2.46. The topological polar surface area (TPSA) is 54.7 Å². The average molecular weight is 161 g/mol. The van der Waals surface area contributed by atoms with Crippen LogP contribution in [-0.2, 0) is 0 Å². The highest BCUT2D eigenvalue weighted by atomic mass is 14.8. The van der Waals surface area contributed by atoms with Gasteiger partial charge in [-0.2, -0.15) is 0 Å². The predicted octanol–water partition coefficient (Wildman–Crippen LogP) is 1.58. The molecule has 0 aliphatic rings. The molecule has 0 aliphatic carbocycles. The highest BCUT2D eigenvalue weighted by molar-refractivity contribution is 5.75. The van der Waals surface area contributed by atoms with Gasteiger partial charge in [0, 0.05) is 17.9 Å². The zero-order valence-corrected chi connectivity index (χ0v) is 6.91. The molecule has 2 rings (SSSR count). The van der Waals surface area contributed by atoms with Crippen LogP contribution in [0.4, 0.5) is 0 Å². The van der Waals surface area contributed by atoms with Gasteiger partial charge in [-0.1, -0.05) is 0 Å². The summed E-state index contributed by atoms with van der Waals surface area (Å²) in [4.78, 5) is 7.40. The van der Waals surface area contributed by atoms with Gasteiger partial charge in [-0.05, 0) is 25.1 Å². The van der Waals surface area contributed by atoms with Crippen LogP contribution >= 0.6 is 0 Å². The van der Waals surface area contributed by atoms with Gasteiger partial charge >= 0.3 is 0 Å². The summed E-state index contributed by atoms with van der Waals surface area (Å²) in [5, 5.41) is 0. The van der Waals surface area contributed by atoms with Gasteiger partial charge in [0.1, 0.15) is 0 Å². The van der Waals surface area contributed by atoms with Crippen LogP contribution in [0.2, 0.25) is 0 Å². The van der Waals surface area contributed by atoms with Crippen molar-refractivity contribution < 1.29 is 0 Å². The molecule has 0 radical (unpaired) electrons. The van der Waals surface area contributed by atoms with Gasteiger partial charge in [-0.25, -0.2) is 0 Å². The molecule has 0 fully saturated rings. The first kappa shape index (κ1) is 7.31. The Kier molecular flexibility index (Phi) is 1.59. The molecule has 3 N–H and O–H groups in total. The molecule has 62 valence electrons. The molecule has 2 aromatic heterocycles. The van der Waals surface area contributed by atoms with Crippen LogP contribution in [0.15, 0.2) is 24.4 Å². The molecule has 1 unspecified atom stereocenters. The van der Waals surface area contributed by atoms with Gasteiger partial charge in [0.2, 0.25) is 0 Å². The number of nitrogens with two attached hydrogens (primary N) is 1. The lowest BCUT2D eigenvalue weighted by atomic mass is 10.2. The van der Waals surface area contributed by atoms with E-state index in [-0.39, 0.29) is 6.04 Å². The van der Waals surface area contributed by atoms with Crippen LogP contribution in [0.5, 0.6) is 0 Å². The smallest absolute Gasteiger partial charge is 0.0882 e. The zero-order chi connectivity index (χ0) is 8.55. The van der Waals surface area contributed by atoms with Crippen molar-refractivity contribution in [3.05, 3.63) is 30.1 Å². The predicted molar refractivity (Wildman–Crippen MR) is 48.7 cm³/mol. The molecule has 3 heteroatoms. The van der Waals surface area contributed by atoms with E-state index in [1.165, 1.54) is 0 Å². The molecule has 0 saturated carbocycles. The molecule has 12 heavy (non-hydrogen) atoms.